The Morgan fingerprint density at radius 1 is 1.16 bits per heavy atom. The predicted octanol–water partition coefficient (Wildman–Crippen LogP) is 1.92. The molecule has 0 saturated carbocycles. The van der Waals surface area contributed by atoms with Crippen molar-refractivity contribution in [3.63, 3.8) is 0 Å². The molecule has 0 aliphatic heterocycles. The number of hydrogen-bond acceptors (Lipinski definition) is 6. The van der Waals surface area contributed by atoms with Gasteiger partial charge in [0.2, 0.25) is 0 Å². The first-order chi connectivity index (χ1) is 12.2. The Hall–Kier alpha value is -3.66. The van der Waals surface area contributed by atoms with Crippen LogP contribution in [0.1, 0.15) is 11.4 Å². The van der Waals surface area contributed by atoms with E-state index in [0.29, 0.717) is 22.2 Å². The van der Waals surface area contributed by atoms with Crippen LogP contribution >= 0.6 is 0 Å². The topological polar surface area (TPSA) is 105 Å². The lowest BCUT2D eigenvalue weighted by Gasteiger charge is -2.07. The van der Waals surface area contributed by atoms with E-state index in [9.17, 15) is 9.59 Å². The van der Waals surface area contributed by atoms with Crippen LogP contribution in [0, 0.1) is 11.3 Å². The third-order valence-electron chi connectivity index (χ3n) is 3.37. The molecule has 0 radical (unpaired) electrons. The molecular formula is C18H13N3O4. The van der Waals surface area contributed by atoms with Crippen LogP contribution in [0.3, 0.4) is 0 Å². The number of H-pyrrole nitrogens is 1. The number of nitriles is 1. The number of carbonyl (C=O) groups excluding carboxylic acids is 1. The fourth-order valence-corrected chi connectivity index (χ4v) is 2.16. The van der Waals surface area contributed by atoms with Gasteiger partial charge in [0.05, 0.1) is 22.5 Å². The second-order valence-corrected chi connectivity index (χ2v) is 5.12. The number of nitrogens with one attached hydrogen (secondary N) is 1. The highest BCUT2D eigenvalue weighted by atomic mass is 16.6. The smallest absolute Gasteiger partial charge is 0.344 e. The lowest BCUT2D eigenvalue weighted by molar-refractivity contribution is -0.147. The van der Waals surface area contributed by atoms with Gasteiger partial charge < -0.3 is 14.5 Å². The number of rotatable bonds is 5. The molecule has 3 rings (SSSR count). The van der Waals surface area contributed by atoms with Gasteiger partial charge in [-0.05, 0) is 36.4 Å². The Labute approximate surface area is 142 Å². The average Bonchev–Trinajstić information content (AvgIpc) is 2.65. The summed E-state index contributed by atoms with van der Waals surface area (Å²) in [7, 11) is 0. The normalized spacial score (nSPS) is 10.2. The molecule has 0 spiro atoms. The van der Waals surface area contributed by atoms with Gasteiger partial charge in [-0.3, -0.25) is 4.79 Å². The second-order valence-electron chi connectivity index (χ2n) is 5.12. The van der Waals surface area contributed by atoms with Crippen LogP contribution in [0.2, 0.25) is 0 Å². The number of fused-ring (bicyclic) bond motifs is 1. The van der Waals surface area contributed by atoms with Crippen LogP contribution in [0.5, 0.6) is 5.75 Å². The SMILES string of the molecule is N#Cc1ccc(OCC(=O)OCc2nc3ccccc3c(=O)[nH]2)cc1. The molecule has 0 amide bonds. The number of aromatic amines is 1. The van der Waals surface area contributed by atoms with Crippen molar-refractivity contribution in [2.24, 2.45) is 0 Å². The van der Waals surface area contributed by atoms with Gasteiger partial charge >= 0.3 is 5.97 Å². The van der Waals surface area contributed by atoms with Crippen molar-refractivity contribution >= 4 is 16.9 Å². The zero-order valence-corrected chi connectivity index (χ0v) is 13.1. The van der Waals surface area contributed by atoms with E-state index < -0.39 is 5.97 Å². The van der Waals surface area contributed by atoms with E-state index in [-0.39, 0.29) is 24.6 Å². The van der Waals surface area contributed by atoms with Crippen molar-refractivity contribution < 1.29 is 14.3 Å². The standard InChI is InChI=1S/C18H13N3O4/c19-9-12-5-7-13(8-6-12)24-11-17(22)25-10-16-20-15-4-2-1-3-14(15)18(23)21-16/h1-8H,10-11H2,(H,20,21,23). The van der Waals surface area contributed by atoms with Gasteiger partial charge in [0, 0.05) is 0 Å². The summed E-state index contributed by atoms with van der Waals surface area (Å²) < 4.78 is 10.3. The van der Waals surface area contributed by atoms with Gasteiger partial charge in [-0.25, -0.2) is 9.78 Å². The lowest BCUT2D eigenvalue weighted by Crippen LogP contribution is -2.18. The number of hydrogen-bond donors (Lipinski definition) is 1. The molecule has 1 heterocycles. The molecule has 0 fully saturated rings. The molecule has 7 heteroatoms. The largest absolute Gasteiger partial charge is 0.482 e. The van der Waals surface area contributed by atoms with Gasteiger partial charge in [0.25, 0.3) is 5.56 Å². The molecule has 0 aliphatic carbocycles. The van der Waals surface area contributed by atoms with E-state index in [0.717, 1.165) is 0 Å². The van der Waals surface area contributed by atoms with E-state index in [1.807, 2.05) is 6.07 Å². The van der Waals surface area contributed by atoms with Gasteiger partial charge in [-0.2, -0.15) is 5.26 Å². The van der Waals surface area contributed by atoms with E-state index in [1.54, 1.807) is 48.5 Å². The predicted molar refractivity (Wildman–Crippen MR) is 88.8 cm³/mol. The first-order valence-corrected chi connectivity index (χ1v) is 7.42. The van der Waals surface area contributed by atoms with Crippen molar-refractivity contribution in [1.29, 1.82) is 5.26 Å². The molecule has 0 saturated heterocycles. The number of para-hydroxylation sites is 1. The quantitative estimate of drug-likeness (QED) is 0.714. The number of ether oxygens (including phenoxy) is 2. The molecule has 1 N–H and O–H groups in total. The number of nitrogens with zero attached hydrogens (tertiary/aromatic N) is 2. The van der Waals surface area contributed by atoms with E-state index in [1.165, 1.54) is 0 Å². The van der Waals surface area contributed by atoms with Gasteiger partial charge in [0.15, 0.2) is 6.61 Å². The Morgan fingerprint density at radius 3 is 2.68 bits per heavy atom. The molecule has 0 unspecified atom stereocenters. The van der Waals surface area contributed by atoms with Crippen LogP contribution in [0.4, 0.5) is 0 Å². The third-order valence-corrected chi connectivity index (χ3v) is 3.37. The molecule has 3 aromatic rings. The molecule has 2 aromatic carbocycles. The molecule has 124 valence electrons. The summed E-state index contributed by atoms with van der Waals surface area (Å²) in [4.78, 5) is 30.5. The van der Waals surface area contributed by atoms with Crippen molar-refractivity contribution in [3.8, 4) is 11.8 Å². The summed E-state index contributed by atoms with van der Waals surface area (Å²) >= 11 is 0. The van der Waals surface area contributed by atoms with Crippen LogP contribution in [0.25, 0.3) is 10.9 Å². The minimum absolute atomic E-state index is 0.157. The molecule has 0 atom stereocenters. The summed E-state index contributed by atoms with van der Waals surface area (Å²) in [6.45, 7) is -0.445. The minimum Gasteiger partial charge on any atom is -0.482 e. The first-order valence-electron chi connectivity index (χ1n) is 7.42. The summed E-state index contributed by atoms with van der Waals surface area (Å²) in [5.41, 5.74) is 0.748. The maximum Gasteiger partial charge on any atom is 0.344 e. The number of esters is 1. The zero-order valence-electron chi connectivity index (χ0n) is 13.1. The molecule has 0 aliphatic rings. The Morgan fingerprint density at radius 2 is 1.92 bits per heavy atom. The fraction of sp³-hybridized carbons (Fsp3) is 0.111. The van der Waals surface area contributed by atoms with E-state index in [4.69, 9.17) is 14.7 Å². The summed E-state index contributed by atoms with van der Waals surface area (Å²) in [6, 6.07) is 15.3. The monoisotopic (exact) mass is 335 g/mol. The molecular weight excluding hydrogens is 322 g/mol. The van der Waals surface area contributed by atoms with E-state index in [2.05, 4.69) is 9.97 Å². The van der Waals surface area contributed by atoms with Gasteiger partial charge in [0.1, 0.15) is 18.2 Å². The van der Waals surface area contributed by atoms with Crippen molar-refractivity contribution in [2.75, 3.05) is 6.61 Å². The van der Waals surface area contributed by atoms with Gasteiger partial charge in [-0.1, -0.05) is 12.1 Å². The van der Waals surface area contributed by atoms with Crippen LogP contribution in [-0.2, 0) is 16.1 Å². The fourth-order valence-electron chi connectivity index (χ4n) is 2.16. The number of carbonyl (C=O) groups is 1. The zero-order chi connectivity index (χ0) is 17.6. The van der Waals surface area contributed by atoms with Gasteiger partial charge in [-0.15, -0.1) is 0 Å². The van der Waals surface area contributed by atoms with Crippen LogP contribution in [-0.4, -0.2) is 22.5 Å². The third kappa shape index (κ3) is 4.00. The maximum absolute atomic E-state index is 11.9. The molecule has 25 heavy (non-hydrogen) atoms. The Bertz CT molecular complexity index is 1000. The summed E-state index contributed by atoms with van der Waals surface area (Å²) in [5, 5.41) is 9.19. The van der Waals surface area contributed by atoms with Crippen molar-refractivity contribution in [3.05, 3.63) is 70.3 Å². The highest BCUT2D eigenvalue weighted by Gasteiger charge is 2.08. The minimum atomic E-state index is -0.597. The average molecular weight is 335 g/mol. The highest BCUT2D eigenvalue weighted by Crippen LogP contribution is 2.11. The van der Waals surface area contributed by atoms with E-state index >= 15 is 0 Å². The maximum atomic E-state index is 11.9. The van der Waals surface area contributed by atoms with Crippen molar-refractivity contribution in [2.45, 2.75) is 6.61 Å². The van der Waals surface area contributed by atoms with Crippen LogP contribution in [0.15, 0.2) is 53.3 Å². The molecule has 1 aromatic heterocycles. The summed E-state index contributed by atoms with van der Waals surface area (Å²) in [6.07, 6.45) is 0. The number of benzene rings is 2. The summed E-state index contributed by atoms with van der Waals surface area (Å²) in [5.74, 6) is 0.115. The van der Waals surface area contributed by atoms with Crippen molar-refractivity contribution in [1.82, 2.24) is 9.97 Å². The van der Waals surface area contributed by atoms with Crippen LogP contribution < -0.4 is 10.3 Å². The first kappa shape index (κ1) is 16.2. The molecule has 7 nitrogen and oxygen atoms in total. The lowest BCUT2D eigenvalue weighted by atomic mass is 10.2. The Kier molecular flexibility index (Phi) is 4.72. The second kappa shape index (κ2) is 7.27. The highest BCUT2D eigenvalue weighted by molar-refractivity contribution is 5.77. The number of aromatic nitrogens is 2. The Balaban J connectivity index is 1.57. The molecule has 0 bridgehead atoms.